The highest BCUT2D eigenvalue weighted by Crippen LogP contribution is 2.40. The number of hydrogen-bond acceptors (Lipinski definition) is 7. The minimum absolute atomic E-state index is 0.0314. The molecule has 1 heterocycles. The number of carbonyl (C=O) groups is 2. The Morgan fingerprint density at radius 3 is 2.64 bits per heavy atom. The molecule has 0 bridgehead atoms. The maximum atomic E-state index is 12.3. The topological polar surface area (TPSA) is 143 Å². The third-order valence-corrected chi connectivity index (χ3v) is 3.69. The van der Waals surface area contributed by atoms with Crippen LogP contribution >= 0.6 is 0 Å². The van der Waals surface area contributed by atoms with Gasteiger partial charge in [-0.3, -0.25) is 0 Å². The van der Waals surface area contributed by atoms with Crippen molar-refractivity contribution in [2.45, 2.75) is 19.8 Å². The van der Waals surface area contributed by atoms with E-state index in [1.807, 2.05) is 6.07 Å². The molecule has 4 N–H and O–H groups in total. The van der Waals surface area contributed by atoms with Gasteiger partial charge in [-0.2, -0.15) is 5.26 Å². The number of aromatic hydroxyl groups is 1. The third kappa shape index (κ3) is 3.26. The number of nitrogens with zero attached hydrogens (tertiary/aromatic N) is 1. The Hall–Kier alpha value is -3.47. The number of hydrogen-bond donors (Lipinski definition) is 3. The zero-order valence-electron chi connectivity index (χ0n) is 13.6. The lowest BCUT2D eigenvalue weighted by atomic mass is 9.82. The predicted molar refractivity (Wildman–Crippen MR) is 85.1 cm³/mol. The molecule has 1 unspecified atom stereocenters. The van der Waals surface area contributed by atoms with Crippen molar-refractivity contribution in [1.29, 1.82) is 5.26 Å². The summed E-state index contributed by atoms with van der Waals surface area (Å²) in [5.74, 6) is -3.42. The lowest BCUT2D eigenvalue weighted by molar-refractivity contribution is -0.139. The molecule has 1 atom stereocenters. The molecule has 0 saturated heterocycles. The van der Waals surface area contributed by atoms with Crippen LogP contribution in [0, 0.1) is 11.3 Å². The van der Waals surface area contributed by atoms with Crippen LogP contribution in [-0.2, 0) is 14.3 Å². The van der Waals surface area contributed by atoms with E-state index in [0.29, 0.717) is 5.56 Å². The number of phenols is 1. The van der Waals surface area contributed by atoms with Gasteiger partial charge in [0, 0.05) is 0 Å². The van der Waals surface area contributed by atoms with E-state index in [1.54, 1.807) is 6.92 Å². The van der Waals surface area contributed by atoms with Gasteiger partial charge >= 0.3 is 11.9 Å². The number of allylic oxidation sites excluding steroid dienone is 2. The Labute approximate surface area is 143 Å². The van der Waals surface area contributed by atoms with Crippen LogP contribution in [0.2, 0.25) is 0 Å². The predicted octanol–water partition coefficient (Wildman–Crippen LogP) is 1.74. The van der Waals surface area contributed by atoms with Crippen molar-refractivity contribution < 1.29 is 29.3 Å². The van der Waals surface area contributed by atoms with Crippen LogP contribution in [-0.4, -0.2) is 28.8 Å². The Balaban J connectivity index is 2.64. The van der Waals surface area contributed by atoms with Crippen molar-refractivity contribution in [2.24, 2.45) is 5.73 Å². The summed E-state index contributed by atoms with van der Waals surface area (Å²) in [5.41, 5.74) is 5.80. The number of carbonyl (C=O) groups excluding carboxylic acids is 1. The zero-order valence-corrected chi connectivity index (χ0v) is 13.6. The number of nitriles is 1. The normalized spacial score (nSPS) is 16.9. The maximum Gasteiger partial charge on any atom is 0.339 e. The fraction of sp³-hybridized carbons (Fsp3) is 0.235. The van der Waals surface area contributed by atoms with Gasteiger partial charge in [-0.15, -0.1) is 0 Å². The molecule has 0 radical (unpaired) electrons. The summed E-state index contributed by atoms with van der Waals surface area (Å²) in [6.07, 6.45) is 0. The van der Waals surface area contributed by atoms with Crippen molar-refractivity contribution in [3.8, 4) is 11.8 Å². The van der Waals surface area contributed by atoms with E-state index >= 15 is 0 Å². The van der Waals surface area contributed by atoms with Gasteiger partial charge in [0.25, 0.3) is 0 Å². The van der Waals surface area contributed by atoms with Gasteiger partial charge in [-0.1, -0.05) is 6.07 Å². The molecular formula is C17H16N2O6. The van der Waals surface area contributed by atoms with Gasteiger partial charge in [-0.25, -0.2) is 9.59 Å². The van der Waals surface area contributed by atoms with Crippen molar-refractivity contribution in [1.82, 2.24) is 0 Å². The van der Waals surface area contributed by atoms with Crippen LogP contribution in [0.5, 0.6) is 5.75 Å². The molecule has 0 saturated carbocycles. The molecule has 0 aliphatic carbocycles. The van der Waals surface area contributed by atoms with Gasteiger partial charge in [0.05, 0.1) is 18.1 Å². The highest BCUT2D eigenvalue weighted by atomic mass is 16.5. The quantitative estimate of drug-likeness (QED) is 0.701. The van der Waals surface area contributed by atoms with E-state index in [0.717, 1.165) is 0 Å². The maximum absolute atomic E-state index is 12.3. The molecule has 8 heteroatoms. The van der Waals surface area contributed by atoms with E-state index in [2.05, 4.69) is 0 Å². The largest absolute Gasteiger partial charge is 0.507 e. The van der Waals surface area contributed by atoms with Crippen molar-refractivity contribution in [3.63, 3.8) is 0 Å². The average Bonchev–Trinajstić information content (AvgIpc) is 2.53. The Morgan fingerprint density at radius 2 is 2.12 bits per heavy atom. The molecule has 0 amide bonds. The number of aromatic carboxylic acids is 1. The number of rotatable bonds is 4. The molecule has 1 aromatic carbocycles. The van der Waals surface area contributed by atoms with E-state index in [4.69, 9.17) is 20.3 Å². The fourth-order valence-corrected chi connectivity index (χ4v) is 2.60. The van der Waals surface area contributed by atoms with E-state index < -0.39 is 23.6 Å². The van der Waals surface area contributed by atoms with Crippen LogP contribution < -0.4 is 5.73 Å². The van der Waals surface area contributed by atoms with Gasteiger partial charge < -0.3 is 25.4 Å². The highest BCUT2D eigenvalue weighted by Gasteiger charge is 2.36. The molecule has 1 aromatic rings. The Morgan fingerprint density at radius 1 is 1.44 bits per heavy atom. The lowest BCUT2D eigenvalue weighted by Crippen LogP contribution is -2.25. The molecule has 1 aliphatic heterocycles. The summed E-state index contributed by atoms with van der Waals surface area (Å²) in [6.45, 7) is 3.26. The van der Waals surface area contributed by atoms with Crippen molar-refractivity contribution >= 4 is 11.9 Å². The van der Waals surface area contributed by atoms with Crippen LogP contribution in [0.1, 0.15) is 35.7 Å². The number of esters is 1. The highest BCUT2D eigenvalue weighted by molar-refractivity contribution is 5.93. The smallest absolute Gasteiger partial charge is 0.339 e. The first-order valence-electron chi connectivity index (χ1n) is 7.33. The number of benzene rings is 1. The molecule has 0 aromatic heterocycles. The first-order valence-corrected chi connectivity index (χ1v) is 7.33. The summed E-state index contributed by atoms with van der Waals surface area (Å²) in [6, 6.07) is 5.66. The van der Waals surface area contributed by atoms with Crippen LogP contribution in [0.4, 0.5) is 0 Å². The number of carboxylic acids is 1. The van der Waals surface area contributed by atoms with Gasteiger partial charge in [0.15, 0.2) is 0 Å². The monoisotopic (exact) mass is 344 g/mol. The summed E-state index contributed by atoms with van der Waals surface area (Å²) < 4.78 is 10.3. The molecule has 0 fully saturated rings. The molecular weight excluding hydrogens is 328 g/mol. The first-order chi connectivity index (χ1) is 11.8. The molecule has 2 rings (SSSR count). The van der Waals surface area contributed by atoms with Crippen LogP contribution in [0.3, 0.4) is 0 Å². The molecule has 0 spiro atoms. The van der Waals surface area contributed by atoms with E-state index in [9.17, 15) is 20.0 Å². The zero-order chi connectivity index (χ0) is 18.7. The molecule has 130 valence electrons. The second-order valence-corrected chi connectivity index (χ2v) is 5.20. The van der Waals surface area contributed by atoms with E-state index in [-0.39, 0.29) is 35.0 Å². The number of nitrogens with two attached hydrogens (primary N) is 1. The first kappa shape index (κ1) is 17.9. The van der Waals surface area contributed by atoms with Gasteiger partial charge in [0.2, 0.25) is 5.88 Å². The fourth-order valence-electron chi connectivity index (χ4n) is 2.60. The third-order valence-electron chi connectivity index (χ3n) is 3.69. The SMILES string of the molecule is CCOC(=O)C1=C(C)OC(N)=C(C#N)C1c1ccc(C(=O)O)c(O)c1. The van der Waals surface area contributed by atoms with Crippen LogP contribution in [0.25, 0.3) is 0 Å². The molecule has 8 nitrogen and oxygen atoms in total. The molecule has 25 heavy (non-hydrogen) atoms. The van der Waals surface area contributed by atoms with Gasteiger partial charge in [0.1, 0.15) is 28.7 Å². The van der Waals surface area contributed by atoms with Crippen molar-refractivity contribution in [3.05, 3.63) is 52.1 Å². The second-order valence-electron chi connectivity index (χ2n) is 5.20. The standard InChI is InChI=1S/C17H16N2O6/c1-3-24-17(23)13-8(2)25-15(19)11(7-18)14(13)9-4-5-10(16(21)22)12(20)6-9/h4-6,14,20H,3,19H2,1-2H3,(H,21,22). The summed E-state index contributed by atoms with van der Waals surface area (Å²) in [5, 5.41) is 28.4. The molecule has 1 aliphatic rings. The minimum Gasteiger partial charge on any atom is -0.507 e. The summed E-state index contributed by atoms with van der Waals surface area (Å²) in [7, 11) is 0. The average molecular weight is 344 g/mol. The minimum atomic E-state index is -1.30. The van der Waals surface area contributed by atoms with Crippen LogP contribution in [0.15, 0.2) is 41.0 Å². The van der Waals surface area contributed by atoms with Gasteiger partial charge in [-0.05, 0) is 31.5 Å². The number of ether oxygens (including phenoxy) is 2. The number of carboxylic acid groups (broad SMARTS) is 1. The Kier molecular flexibility index (Phi) is 4.98. The summed E-state index contributed by atoms with van der Waals surface area (Å²) in [4.78, 5) is 23.4. The van der Waals surface area contributed by atoms with Crippen molar-refractivity contribution in [2.75, 3.05) is 6.61 Å². The Bertz CT molecular complexity index is 847. The summed E-state index contributed by atoms with van der Waals surface area (Å²) >= 11 is 0. The van der Waals surface area contributed by atoms with E-state index in [1.165, 1.54) is 25.1 Å². The lowest BCUT2D eigenvalue weighted by Gasteiger charge is -2.27. The second kappa shape index (κ2) is 6.97.